The van der Waals surface area contributed by atoms with Gasteiger partial charge in [0.2, 0.25) is 5.91 Å². The van der Waals surface area contributed by atoms with Gasteiger partial charge in [0.1, 0.15) is 12.4 Å². The molecule has 0 aromatic heterocycles. The lowest BCUT2D eigenvalue weighted by atomic mass is 10.1. The zero-order valence-electron chi connectivity index (χ0n) is 10.4. The summed E-state index contributed by atoms with van der Waals surface area (Å²) in [5, 5.41) is 11.5. The summed E-state index contributed by atoms with van der Waals surface area (Å²) in [6.45, 7) is 2.00. The van der Waals surface area contributed by atoms with Gasteiger partial charge in [-0.1, -0.05) is 17.9 Å². The minimum Gasteiger partial charge on any atom is -0.384 e. The molecular formula is C14H15FN2O2. The van der Waals surface area contributed by atoms with Crippen LogP contribution in [-0.4, -0.2) is 42.2 Å². The molecule has 2 N–H and O–H groups in total. The minimum atomic E-state index is -0.359. The molecule has 1 saturated heterocycles. The molecule has 0 aliphatic carbocycles. The van der Waals surface area contributed by atoms with Crippen molar-refractivity contribution < 1.29 is 14.3 Å². The minimum absolute atomic E-state index is 0.00338. The first-order chi connectivity index (χ1) is 9.19. The number of hydrogen-bond donors (Lipinski definition) is 2. The van der Waals surface area contributed by atoms with E-state index < -0.39 is 0 Å². The number of carbonyl (C=O) groups excluding carboxylic acids is 1. The van der Waals surface area contributed by atoms with Crippen LogP contribution < -0.4 is 5.32 Å². The van der Waals surface area contributed by atoms with E-state index in [2.05, 4.69) is 17.2 Å². The highest BCUT2D eigenvalue weighted by atomic mass is 19.1. The maximum Gasteiger partial charge on any atom is 0.234 e. The summed E-state index contributed by atoms with van der Waals surface area (Å²) in [4.78, 5) is 13.3. The Hall–Kier alpha value is -1.90. The SMILES string of the molecule is O=C1CN(Cc2ccc(F)cc2C#CCO)CCN1. The first-order valence-electron chi connectivity index (χ1n) is 6.06. The predicted octanol–water partition coefficient (Wildman–Crippen LogP) is 0.101. The van der Waals surface area contributed by atoms with Crippen molar-refractivity contribution in [3.8, 4) is 11.8 Å². The van der Waals surface area contributed by atoms with Crippen LogP contribution in [0.15, 0.2) is 18.2 Å². The van der Waals surface area contributed by atoms with Gasteiger partial charge in [-0.05, 0) is 17.7 Å². The molecule has 1 fully saturated rings. The fourth-order valence-corrected chi connectivity index (χ4v) is 2.01. The first kappa shape index (κ1) is 13.5. The second-order valence-corrected chi connectivity index (χ2v) is 4.32. The summed E-state index contributed by atoms with van der Waals surface area (Å²) in [5.41, 5.74) is 1.41. The van der Waals surface area contributed by atoms with Crippen molar-refractivity contribution in [2.24, 2.45) is 0 Å². The number of hydrogen-bond acceptors (Lipinski definition) is 3. The number of piperazine rings is 1. The maximum absolute atomic E-state index is 13.2. The number of aliphatic hydroxyl groups is 1. The lowest BCUT2D eigenvalue weighted by Gasteiger charge is -2.26. The number of aliphatic hydroxyl groups excluding tert-OH is 1. The molecule has 0 radical (unpaired) electrons. The lowest BCUT2D eigenvalue weighted by molar-refractivity contribution is -0.124. The molecule has 0 atom stereocenters. The molecule has 1 aliphatic rings. The Morgan fingerprint density at radius 2 is 2.32 bits per heavy atom. The van der Waals surface area contributed by atoms with E-state index in [9.17, 15) is 9.18 Å². The van der Waals surface area contributed by atoms with Crippen LogP contribution in [0.4, 0.5) is 4.39 Å². The number of rotatable bonds is 2. The summed E-state index contributed by atoms with van der Waals surface area (Å²) in [6.07, 6.45) is 0. The quantitative estimate of drug-likeness (QED) is 0.743. The van der Waals surface area contributed by atoms with Crippen LogP contribution >= 0.6 is 0 Å². The van der Waals surface area contributed by atoms with Crippen molar-refractivity contribution >= 4 is 5.91 Å². The molecule has 100 valence electrons. The Balaban J connectivity index is 2.16. The summed E-state index contributed by atoms with van der Waals surface area (Å²) in [6, 6.07) is 4.40. The van der Waals surface area contributed by atoms with Crippen molar-refractivity contribution in [3.05, 3.63) is 35.1 Å². The van der Waals surface area contributed by atoms with Gasteiger partial charge in [-0.3, -0.25) is 9.69 Å². The normalized spacial score (nSPS) is 15.6. The number of nitrogens with zero attached hydrogens (tertiary/aromatic N) is 1. The van der Waals surface area contributed by atoms with Gasteiger partial charge in [0.15, 0.2) is 0 Å². The number of halogens is 1. The van der Waals surface area contributed by atoms with Gasteiger partial charge in [-0.15, -0.1) is 0 Å². The molecule has 4 nitrogen and oxygen atoms in total. The lowest BCUT2D eigenvalue weighted by Crippen LogP contribution is -2.47. The van der Waals surface area contributed by atoms with Crippen molar-refractivity contribution in [1.29, 1.82) is 0 Å². The predicted molar refractivity (Wildman–Crippen MR) is 68.7 cm³/mol. The van der Waals surface area contributed by atoms with E-state index in [0.717, 1.165) is 12.1 Å². The number of carbonyl (C=O) groups is 1. The van der Waals surface area contributed by atoms with Crippen LogP contribution in [0.25, 0.3) is 0 Å². The average Bonchev–Trinajstić information content (AvgIpc) is 2.39. The smallest absolute Gasteiger partial charge is 0.234 e. The monoisotopic (exact) mass is 262 g/mol. The van der Waals surface area contributed by atoms with Crippen LogP contribution in [0.2, 0.25) is 0 Å². The van der Waals surface area contributed by atoms with Crippen LogP contribution in [0.1, 0.15) is 11.1 Å². The molecule has 0 saturated carbocycles. The van der Waals surface area contributed by atoms with Crippen molar-refractivity contribution in [2.45, 2.75) is 6.54 Å². The van der Waals surface area contributed by atoms with E-state index in [0.29, 0.717) is 25.2 Å². The molecule has 0 bridgehead atoms. The fraction of sp³-hybridized carbons (Fsp3) is 0.357. The van der Waals surface area contributed by atoms with Gasteiger partial charge in [-0.25, -0.2) is 4.39 Å². The Kier molecular flexibility index (Phi) is 4.50. The highest BCUT2D eigenvalue weighted by molar-refractivity contribution is 5.78. The summed E-state index contributed by atoms with van der Waals surface area (Å²) >= 11 is 0. The third-order valence-electron chi connectivity index (χ3n) is 2.89. The third-order valence-corrected chi connectivity index (χ3v) is 2.89. The second kappa shape index (κ2) is 6.32. The van der Waals surface area contributed by atoms with Crippen LogP contribution in [-0.2, 0) is 11.3 Å². The molecule has 1 aliphatic heterocycles. The van der Waals surface area contributed by atoms with Crippen LogP contribution in [0.5, 0.6) is 0 Å². The average molecular weight is 262 g/mol. The topological polar surface area (TPSA) is 52.6 Å². The first-order valence-corrected chi connectivity index (χ1v) is 6.06. The number of nitrogens with one attached hydrogen (secondary N) is 1. The standard InChI is InChI=1S/C14H15FN2O2/c15-13-4-3-12(11(8-13)2-1-7-18)9-17-6-5-16-14(19)10-17/h3-4,8,18H,5-7,9-10H2,(H,16,19). The Morgan fingerprint density at radius 1 is 1.47 bits per heavy atom. The van der Waals surface area contributed by atoms with Crippen LogP contribution in [0.3, 0.4) is 0 Å². The summed E-state index contributed by atoms with van der Waals surface area (Å²) in [5.74, 6) is 4.89. The zero-order chi connectivity index (χ0) is 13.7. The van der Waals surface area contributed by atoms with Gasteiger partial charge in [-0.2, -0.15) is 0 Å². The van der Waals surface area contributed by atoms with Crippen molar-refractivity contribution in [2.75, 3.05) is 26.2 Å². The molecule has 1 aromatic rings. The Morgan fingerprint density at radius 3 is 3.05 bits per heavy atom. The number of benzene rings is 1. The molecule has 1 amide bonds. The van der Waals surface area contributed by atoms with Crippen molar-refractivity contribution in [1.82, 2.24) is 10.2 Å². The highest BCUT2D eigenvalue weighted by Gasteiger charge is 2.17. The molecule has 0 unspecified atom stereocenters. The van der Waals surface area contributed by atoms with E-state index in [1.807, 2.05) is 4.90 Å². The van der Waals surface area contributed by atoms with Gasteiger partial charge in [0.25, 0.3) is 0 Å². The van der Waals surface area contributed by atoms with E-state index in [1.165, 1.54) is 12.1 Å². The summed E-state index contributed by atoms with van der Waals surface area (Å²) in [7, 11) is 0. The van der Waals surface area contributed by atoms with Gasteiger partial charge >= 0.3 is 0 Å². The largest absolute Gasteiger partial charge is 0.384 e. The third kappa shape index (κ3) is 3.78. The molecule has 1 aromatic carbocycles. The zero-order valence-corrected chi connectivity index (χ0v) is 10.4. The van der Waals surface area contributed by atoms with Crippen LogP contribution in [0, 0.1) is 17.7 Å². The van der Waals surface area contributed by atoms with Gasteiger partial charge < -0.3 is 10.4 Å². The maximum atomic E-state index is 13.2. The highest BCUT2D eigenvalue weighted by Crippen LogP contribution is 2.13. The van der Waals surface area contributed by atoms with E-state index >= 15 is 0 Å². The molecule has 2 rings (SSSR count). The second-order valence-electron chi connectivity index (χ2n) is 4.32. The fourth-order valence-electron chi connectivity index (χ4n) is 2.01. The van der Waals surface area contributed by atoms with Gasteiger partial charge in [0.05, 0.1) is 6.54 Å². The molecule has 5 heteroatoms. The molecule has 19 heavy (non-hydrogen) atoms. The molecule has 0 spiro atoms. The Labute approximate surface area is 111 Å². The van der Waals surface area contributed by atoms with Gasteiger partial charge in [0, 0.05) is 25.2 Å². The molecule has 1 heterocycles. The van der Waals surface area contributed by atoms with E-state index in [-0.39, 0.29) is 18.3 Å². The Bertz CT molecular complexity index is 534. The molecular weight excluding hydrogens is 247 g/mol. The van der Waals surface area contributed by atoms with Crippen molar-refractivity contribution in [3.63, 3.8) is 0 Å². The number of amides is 1. The van der Waals surface area contributed by atoms with E-state index in [1.54, 1.807) is 6.07 Å². The summed E-state index contributed by atoms with van der Waals surface area (Å²) < 4.78 is 13.2. The van der Waals surface area contributed by atoms with E-state index in [4.69, 9.17) is 5.11 Å².